The van der Waals surface area contributed by atoms with Crippen LogP contribution in [0.4, 0.5) is 14.9 Å². The molecule has 0 unspecified atom stereocenters. The lowest BCUT2D eigenvalue weighted by atomic mass is 10.0. The van der Waals surface area contributed by atoms with E-state index in [1.54, 1.807) is 20.8 Å². The van der Waals surface area contributed by atoms with Crippen LogP contribution >= 0.6 is 0 Å². The molecule has 0 saturated carbocycles. The van der Waals surface area contributed by atoms with E-state index in [-0.39, 0.29) is 17.7 Å². The molecule has 0 aliphatic heterocycles. The molecule has 1 N–H and O–H groups in total. The number of nitro groups is 1. The van der Waals surface area contributed by atoms with Crippen LogP contribution in [0, 0.1) is 15.9 Å². The molecule has 1 aromatic carbocycles. The second-order valence-corrected chi connectivity index (χ2v) is 5.96. The second kappa shape index (κ2) is 7.71. The summed E-state index contributed by atoms with van der Waals surface area (Å²) in [7, 11) is 1.10. The first-order valence-corrected chi connectivity index (χ1v) is 7.03. The van der Waals surface area contributed by atoms with Gasteiger partial charge in [-0.25, -0.2) is 14.0 Å². The molecule has 1 atom stereocenters. The highest BCUT2D eigenvalue weighted by Crippen LogP contribution is 2.21. The number of esters is 1. The predicted octanol–water partition coefficient (Wildman–Crippen LogP) is 2.34. The monoisotopic (exact) mass is 342 g/mol. The van der Waals surface area contributed by atoms with E-state index in [0.29, 0.717) is 0 Å². The molecule has 1 rings (SSSR count). The summed E-state index contributed by atoms with van der Waals surface area (Å²) in [5.74, 6) is -1.53. The zero-order chi connectivity index (χ0) is 18.5. The standard InChI is InChI=1S/C15H19FN2O6/c1-15(2,3)24-14(20)17-11(13(19)23-4)8-9-7-10(16)5-6-12(9)18(21)22/h5-7,11H,8H2,1-4H3,(H,17,20)/t11-/m0/s1. The van der Waals surface area contributed by atoms with E-state index >= 15 is 0 Å². The summed E-state index contributed by atoms with van der Waals surface area (Å²) in [6.45, 7) is 4.91. The van der Waals surface area contributed by atoms with E-state index in [1.807, 2.05) is 0 Å². The van der Waals surface area contributed by atoms with Gasteiger partial charge in [-0.15, -0.1) is 0 Å². The summed E-state index contributed by atoms with van der Waals surface area (Å²) in [6, 6.07) is 1.61. The molecular formula is C15H19FN2O6. The van der Waals surface area contributed by atoms with E-state index in [4.69, 9.17) is 4.74 Å². The number of halogens is 1. The van der Waals surface area contributed by atoms with Gasteiger partial charge in [-0.2, -0.15) is 0 Å². The van der Waals surface area contributed by atoms with Crippen molar-refractivity contribution < 1.29 is 28.4 Å². The minimum atomic E-state index is -1.26. The lowest BCUT2D eigenvalue weighted by molar-refractivity contribution is -0.385. The Kier molecular flexibility index (Phi) is 6.21. The highest BCUT2D eigenvalue weighted by Gasteiger charge is 2.28. The first-order valence-electron chi connectivity index (χ1n) is 7.03. The third kappa shape index (κ3) is 5.82. The van der Waals surface area contributed by atoms with E-state index in [0.717, 1.165) is 25.3 Å². The number of rotatable bonds is 5. The average Bonchev–Trinajstić information content (AvgIpc) is 2.43. The Balaban J connectivity index is 3.03. The Bertz CT molecular complexity index is 641. The highest BCUT2D eigenvalue weighted by molar-refractivity contribution is 5.81. The summed E-state index contributed by atoms with van der Waals surface area (Å²) < 4.78 is 23.0. The molecule has 0 bridgehead atoms. The van der Waals surface area contributed by atoms with E-state index in [2.05, 4.69) is 10.1 Å². The minimum Gasteiger partial charge on any atom is -0.467 e. The molecular weight excluding hydrogens is 323 g/mol. The SMILES string of the molecule is COC(=O)[C@H](Cc1cc(F)ccc1[N+](=O)[O-])NC(=O)OC(C)(C)C. The number of carbonyl (C=O) groups excluding carboxylic acids is 2. The maximum absolute atomic E-state index is 13.4. The first-order chi connectivity index (χ1) is 11.0. The lowest BCUT2D eigenvalue weighted by Crippen LogP contribution is -2.45. The molecule has 8 nitrogen and oxygen atoms in total. The fraction of sp³-hybridized carbons (Fsp3) is 0.467. The normalized spacial score (nSPS) is 12.2. The summed E-state index contributed by atoms with van der Waals surface area (Å²) in [5, 5.41) is 13.3. The van der Waals surface area contributed by atoms with Crippen molar-refractivity contribution in [3.63, 3.8) is 0 Å². The highest BCUT2D eigenvalue weighted by atomic mass is 19.1. The molecule has 0 aliphatic rings. The molecule has 0 radical (unpaired) electrons. The molecule has 1 amide bonds. The van der Waals surface area contributed by atoms with Crippen LogP contribution in [0.25, 0.3) is 0 Å². The second-order valence-electron chi connectivity index (χ2n) is 5.96. The van der Waals surface area contributed by atoms with E-state index in [1.165, 1.54) is 0 Å². The number of nitro benzene ring substituents is 1. The first kappa shape index (κ1) is 19.3. The van der Waals surface area contributed by atoms with Crippen molar-refractivity contribution in [2.24, 2.45) is 0 Å². The van der Waals surface area contributed by atoms with Gasteiger partial charge in [-0.3, -0.25) is 10.1 Å². The number of amides is 1. The zero-order valence-electron chi connectivity index (χ0n) is 13.8. The number of hydrogen-bond acceptors (Lipinski definition) is 6. The van der Waals surface area contributed by atoms with E-state index in [9.17, 15) is 24.1 Å². The van der Waals surface area contributed by atoms with Gasteiger partial charge in [0.15, 0.2) is 0 Å². The van der Waals surface area contributed by atoms with Crippen LogP contribution in [-0.4, -0.2) is 35.7 Å². The molecule has 0 heterocycles. The van der Waals surface area contributed by atoms with Gasteiger partial charge >= 0.3 is 12.1 Å². The third-order valence-electron chi connectivity index (χ3n) is 2.84. The fourth-order valence-corrected chi connectivity index (χ4v) is 1.90. The van der Waals surface area contributed by atoms with Gasteiger partial charge in [-0.05, 0) is 32.9 Å². The number of ether oxygens (including phenoxy) is 2. The van der Waals surface area contributed by atoms with Gasteiger partial charge in [-0.1, -0.05) is 0 Å². The number of nitrogens with one attached hydrogen (secondary N) is 1. The van der Waals surface area contributed by atoms with Crippen molar-refractivity contribution >= 4 is 17.7 Å². The molecule has 0 saturated heterocycles. The zero-order valence-corrected chi connectivity index (χ0v) is 13.8. The molecule has 24 heavy (non-hydrogen) atoms. The van der Waals surface area contributed by atoms with Crippen molar-refractivity contribution in [1.29, 1.82) is 0 Å². The minimum absolute atomic E-state index is 0.0496. The van der Waals surface area contributed by atoms with Crippen molar-refractivity contribution in [3.8, 4) is 0 Å². The largest absolute Gasteiger partial charge is 0.467 e. The Morgan fingerprint density at radius 1 is 1.38 bits per heavy atom. The Morgan fingerprint density at radius 3 is 2.50 bits per heavy atom. The molecule has 132 valence electrons. The van der Waals surface area contributed by atoms with Crippen molar-refractivity contribution in [1.82, 2.24) is 5.32 Å². The fourth-order valence-electron chi connectivity index (χ4n) is 1.90. The summed E-state index contributed by atoms with van der Waals surface area (Å²) in [5.41, 5.74) is -1.21. The quantitative estimate of drug-likeness (QED) is 0.500. The molecule has 0 aliphatic carbocycles. The maximum Gasteiger partial charge on any atom is 0.408 e. The van der Waals surface area contributed by atoms with Gasteiger partial charge in [0.1, 0.15) is 17.5 Å². The van der Waals surface area contributed by atoms with Crippen LogP contribution in [0.3, 0.4) is 0 Å². The molecule has 0 spiro atoms. The number of nitrogens with zero attached hydrogens (tertiary/aromatic N) is 1. The Hall–Kier alpha value is -2.71. The van der Waals surface area contributed by atoms with Crippen LogP contribution in [0.1, 0.15) is 26.3 Å². The average molecular weight is 342 g/mol. The topological polar surface area (TPSA) is 108 Å². The molecule has 0 fully saturated rings. The molecule has 1 aromatic rings. The third-order valence-corrected chi connectivity index (χ3v) is 2.84. The predicted molar refractivity (Wildman–Crippen MR) is 81.9 cm³/mol. The van der Waals surface area contributed by atoms with Crippen LogP contribution in [0.5, 0.6) is 0 Å². The van der Waals surface area contributed by atoms with Gasteiger partial charge in [0, 0.05) is 18.1 Å². The van der Waals surface area contributed by atoms with Crippen molar-refractivity contribution in [2.45, 2.75) is 38.8 Å². The van der Waals surface area contributed by atoms with E-state index < -0.39 is 34.4 Å². The Labute approximate surface area is 138 Å². The number of carbonyl (C=O) groups is 2. The summed E-state index contributed by atoms with van der Waals surface area (Å²) in [6.07, 6.45) is -1.21. The number of methoxy groups -OCH3 is 1. The van der Waals surface area contributed by atoms with Crippen LogP contribution in [-0.2, 0) is 20.7 Å². The van der Waals surface area contributed by atoms with Crippen LogP contribution in [0.2, 0.25) is 0 Å². The number of hydrogen-bond donors (Lipinski definition) is 1. The summed E-state index contributed by atoms with van der Waals surface area (Å²) >= 11 is 0. The maximum atomic E-state index is 13.4. The van der Waals surface area contributed by atoms with Gasteiger partial charge in [0.05, 0.1) is 12.0 Å². The lowest BCUT2D eigenvalue weighted by Gasteiger charge is -2.22. The van der Waals surface area contributed by atoms with Gasteiger partial charge < -0.3 is 14.8 Å². The number of benzene rings is 1. The van der Waals surface area contributed by atoms with Crippen LogP contribution in [0.15, 0.2) is 18.2 Å². The Morgan fingerprint density at radius 2 is 2.00 bits per heavy atom. The van der Waals surface area contributed by atoms with Gasteiger partial charge in [0.25, 0.3) is 5.69 Å². The molecule has 9 heteroatoms. The number of alkyl carbamates (subject to hydrolysis) is 1. The van der Waals surface area contributed by atoms with Crippen molar-refractivity contribution in [3.05, 3.63) is 39.7 Å². The van der Waals surface area contributed by atoms with Gasteiger partial charge in [0.2, 0.25) is 0 Å². The van der Waals surface area contributed by atoms with Crippen LogP contribution < -0.4 is 5.32 Å². The summed E-state index contributed by atoms with van der Waals surface area (Å²) in [4.78, 5) is 34.0. The molecule has 0 aromatic heterocycles. The smallest absolute Gasteiger partial charge is 0.408 e. The van der Waals surface area contributed by atoms with Crippen molar-refractivity contribution in [2.75, 3.05) is 7.11 Å².